The smallest absolute Gasteiger partial charge is 0.306 e. The minimum Gasteiger partial charge on any atom is -0.462 e. The molecule has 0 fully saturated rings. The van der Waals surface area contributed by atoms with Gasteiger partial charge in [-0.2, -0.15) is 0 Å². The highest BCUT2D eigenvalue weighted by atomic mass is 16.6. The summed E-state index contributed by atoms with van der Waals surface area (Å²) in [5.41, 5.74) is 0. The summed E-state index contributed by atoms with van der Waals surface area (Å²) in [7, 11) is 0. The van der Waals surface area contributed by atoms with E-state index >= 15 is 0 Å². The molecular formula is C43H82O6. The third-order valence-electron chi connectivity index (χ3n) is 9.61. The first kappa shape index (κ1) is 47.4. The summed E-state index contributed by atoms with van der Waals surface area (Å²) in [6.45, 7) is 6.56. The summed E-state index contributed by atoms with van der Waals surface area (Å²) in [5.74, 6) is -0.869. The molecule has 0 aliphatic heterocycles. The standard InChI is InChI=1S/C43H82O6/c1-4-7-10-13-15-17-19-21-23-25-27-30-33-36-42(45)48-39-40(38-47-41(44)35-32-29-12-9-6-3)49-43(46)37-34-31-28-26-24-22-20-18-16-14-11-8-5-2/h40H,4-39H2,1-3H3/t40-/m1/s1. The molecule has 6 heteroatoms. The second-order valence-electron chi connectivity index (χ2n) is 14.6. The van der Waals surface area contributed by atoms with Crippen LogP contribution in [0.25, 0.3) is 0 Å². The molecular weight excluding hydrogens is 612 g/mol. The van der Waals surface area contributed by atoms with E-state index in [0.717, 1.165) is 64.2 Å². The minimum atomic E-state index is -0.755. The lowest BCUT2D eigenvalue weighted by Gasteiger charge is -2.18. The molecule has 0 saturated carbocycles. The van der Waals surface area contributed by atoms with E-state index in [4.69, 9.17) is 14.2 Å². The number of unbranched alkanes of at least 4 members (excludes halogenated alkanes) is 28. The van der Waals surface area contributed by atoms with Crippen LogP contribution in [0, 0.1) is 0 Å². The van der Waals surface area contributed by atoms with Crippen LogP contribution < -0.4 is 0 Å². The molecule has 0 unspecified atom stereocenters. The summed E-state index contributed by atoms with van der Waals surface area (Å²) in [5, 5.41) is 0. The van der Waals surface area contributed by atoms with Crippen molar-refractivity contribution in [3.8, 4) is 0 Å². The van der Waals surface area contributed by atoms with E-state index in [1.807, 2.05) is 0 Å². The van der Waals surface area contributed by atoms with Crippen LogP contribution in [0.3, 0.4) is 0 Å². The van der Waals surface area contributed by atoms with Crippen molar-refractivity contribution >= 4 is 17.9 Å². The highest BCUT2D eigenvalue weighted by Crippen LogP contribution is 2.15. The summed E-state index contributed by atoms with van der Waals surface area (Å²) in [4.78, 5) is 37.4. The molecule has 0 N–H and O–H groups in total. The van der Waals surface area contributed by atoms with Crippen molar-refractivity contribution in [2.24, 2.45) is 0 Å². The Morgan fingerprint density at radius 3 is 0.816 bits per heavy atom. The Kier molecular flexibility index (Phi) is 37.9. The predicted molar refractivity (Wildman–Crippen MR) is 206 cm³/mol. The third-order valence-corrected chi connectivity index (χ3v) is 9.61. The van der Waals surface area contributed by atoms with Crippen molar-refractivity contribution in [3.63, 3.8) is 0 Å². The predicted octanol–water partition coefficient (Wildman–Crippen LogP) is 13.3. The first-order valence-corrected chi connectivity index (χ1v) is 21.5. The van der Waals surface area contributed by atoms with E-state index in [1.165, 1.54) is 135 Å². The fourth-order valence-electron chi connectivity index (χ4n) is 6.32. The van der Waals surface area contributed by atoms with Gasteiger partial charge >= 0.3 is 17.9 Å². The third kappa shape index (κ3) is 37.5. The van der Waals surface area contributed by atoms with E-state index in [1.54, 1.807) is 0 Å². The van der Waals surface area contributed by atoms with E-state index in [2.05, 4.69) is 20.8 Å². The Hall–Kier alpha value is -1.59. The highest BCUT2D eigenvalue weighted by Gasteiger charge is 2.19. The van der Waals surface area contributed by atoms with Gasteiger partial charge in [0.15, 0.2) is 6.10 Å². The largest absolute Gasteiger partial charge is 0.462 e. The fraction of sp³-hybridized carbons (Fsp3) is 0.930. The van der Waals surface area contributed by atoms with Gasteiger partial charge in [0.2, 0.25) is 0 Å². The molecule has 0 saturated heterocycles. The molecule has 0 aliphatic rings. The summed E-state index contributed by atoms with van der Waals surface area (Å²) < 4.78 is 16.6. The zero-order chi connectivity index (χ0) is 35.9. The SMILES string of the molecule is CCCCCCCCCCCCCCCC(=O)OC[C@@H](COC(=O)CCCCCCC)OC(=O)CCCCCCCCCCCCCCC. The molecule has 0 aromatic rings. The lowest BCUT2D eigenvalue weighted by molar-refractivity contribution is -0.167. The minimum absolute atomic E-state index is 0.0641. The Bertz CT molecular complexity index is 723. The fourth-order valence-corrected chi connectivity index (χ4v) is 6.32. The van der Waals surface area contributed by atoms with Crippen LogP contribution >= 0.6 is 0 Å². The van der Waals surface area contributed by atoms with Gasteiger partial charge in [0.1, 0.15) is 13.2 Å². The molecule has 0 aromatic carbocycles. The summed E-state index contributed by atoms with van der Waals surface area (Å²) in [6.07, 6.45) is 38.2. The maximum Gasteiger partial charge on any atom is 0.306 e. The molecule has 0 radical (unpaired) electrons. The van der Waals surface area contributed by atoms with E-state index < -0.39 is 6.10 Å². The van der Waals surface area contributed by atoms with Crippen LogP contribution in [0.15, 0.2) is 0 Å². The van der Waals surface area contributed by atoms with Gasteiger partial charge in [-0.05, 0) is 19.3 Å². The monoisotopic (exact) mass is 695 g/mol. The lowest BCUT2D eigenvalue weighted by atomic mass is 10.0. The first-order chi connectivity index (χ1) is 24.0. The first-order valence-electron chi connectivity index (χ1n) is 21.5. The van der Waals surface area contributed by atoms with Crippen LogP contribution in [-0.4, -0.2) is 37.2 Å². The van der Waals surface area contributed by atoms with Gasteiger partial charge in [0.25, 0.3) is 0 Å². The molecule has 0 amide bonds. The second-order valence-corrected chi connectivity index (χ2v) is 14.6. The normalized spacial score (nSPS) is 11.8. The van der Waals surface area contributed by atoms with Crippen molar-refractivity contribution in [1.29, 1.82) is 0 Å². The van der Waals surface area contributed by atoms with Crippen molar-refractivity contribution in [3.05, 3.63) is 0 Å². The summed E-state index contributed by atoms with van der Waals surface area (Å²) >= 11 is 0. The topological polar surface area (TPSA) is 78.9 Å². The number of carbonyl (C=O) groups is 3. The van der Waals surface area contributed by atoms with Gasteiger partial charge < -0.3 is 14.2 Å². The van der Waals surface area contributed by atoms with Crippen molar-refractivity contribution in [2.45, 2.75) is 245 Å². The van der Waals surface area contributed by atoms with E-state index in [-0.39, 0.29) is 31.1 Å². The van der Waals surface area contributed by atoms with E-state index in [9.17, 15) is 14.4 Å². The zero-order valence-corrected chi connectivity index (χ0v) is 33.0. The van der Waals surface area contributed by atoms with Crippen LogP contribution in [0.4, 0.5) is 0 Å². The molecule has 1 atom stereocenters. The van der Waals surface area contributed by atoms with Gasteiger partial charge in [-0.3, -0.25) is 14.4 Å². The van der Waals surface area contributed by atoms with Gasteiger partial charge in [-0.1, -0.05) is 201 Å². The Balaban J connectivity index is 4.21. The molecule has 0 aliphatic carbocycles. The Morgan fingerprint density at radius 2 is 0.551 bits per heavy atom. The molecule has 0 aromatic heterocycles. The van der Waals surface area contributed by atoms with Crippen molar-refractivity contribution in [1.82, 2.24) is 0 Å². The summed E-state index contributed by atoms with van der Waals surface area (Å²) in [6, 6.07) is 0. The van der Waals surface area contributed by atoms with Crippen LogP contribution in [0.2, 0.25) is 0 Å². The van der Waals surface area contributed by atoms with Crippen LogP contribution in [0.5, 0.6) is 0 Å². The van der Waals surface area contributed by atoms with E-state index in [0.29, 0.717) is 19.3 Å². The average Bonchev–Trinajstić information content (AvgIpc) is 3.09. The number of ether oxygens (including phenoxy) is 3. The second kappa shape index (κ2) is 39.2. The van der Waals surface area contributed by atoms with Gasteiger partial charge in [-0.25, -0.2) is 0 Å². The average molecular weight is 695 g/mol. The number of rotatable bonds is 39. The van der Waals surface area contributed by atoms with Gasteiger partial charge in [0, 0.05) is 19.3 Å². The molecule has 6 nitrogen and oxygen atoms in total. The molecule has 49 heavy (non-hydrogen) atoms. The van der Waals surface area contributed by atoms with Crippen molar-refractivity contribution in [2.75, 3.05) is 13.2 Å². The Morgan fingerprint density at radius 1 is 0.327 bits per heavy atom. The number of hydrogen-bond donors (Lipinski definition) is 0. The molecule has 0 bridgehead atoms. The maximum absolute atomic E-state index is 12.6. The number of esters is 3. The van der Waals surface area contributed by atoms with Crippen LogP contribution in [0.1, 0.15) is 239 Å². The molecule has 0 spiro atoms. The van der Waals surface area contributed by atoms with Crippen molar-refractivity contribution < 1.29 is 28.6 Å². The zero-order valence-electron chi connectivity index (χ0n) is 33.0. The lowest BCUT2D eigenvalue weighted by Crippen LogP contribution is -2.30. The van der Waals surface area contributed by atoms with Gasteiger partial charge in [0.05, 0.1) is 0 Å². The number of hydrogen-bond acceptors (Lipinski definition) is 6. The maximum atomic E-state index is 12.6. The van der Waals surface area contributed by atoms with Gasteiger partial charge in [-0.15, -0.1) is 0 Å². The highest BCUT2D eigenvalue weighted by molar-refractivity contribution is 5.71. The molecule has 0 heterocycles. The van der Waals surface area contributed by atoms with Crippen LogP contribution in [-0.2, 0) is 28.6 Å². The Labute approximate surface area is 304 Å². The quantitative estimate of drug-likeness (QED) is 0.0362. The molecule has 290 valence electrons. The number of carbonyl (C=O) groups excluding carboxylic acids is 3. The molecule has 0 rings (SSSR count).